The summed E-state index contributed by atoms with van der Waals surface area (Å²) in [4.78, 5) is 25.9. The fourth-order valence-electron chi connectivity index (χ4n) is 2.67. The Morgan fingerprint density at radius 2 is 2.00 bits per heavy atom. The summed E-state index contributed by atoms with van der Waals surface area (Å²) in [5.41, 5.74) is 1.27. The number of ether oxygens (including phenoxy) is 1. The van der Waals surface area contributed by atoms with E-state index >= 15 is 0 Å². The Hall–Kier alpha value is -1.88. The lowest BCUT2D eigenvalue weighted by Gasteiger charge is -2.25. The van der Waals surface area contributed by atoms with Crippen LogP contribution in [0.4, 0.5) is 0 Å². The van der Waals surface area contributed by atoms with Crippen LogP contribution in [0.5, 0.6) is 0 Å². The van der Waals surface area contributed by atoms with Crippen molar-refractivity contribution in [2.24, 2.45) is 5.92 Å². The van der Waals surface area contributed by atoms with Crippen LogP contribution >= 0.6 is 0 Å². The first-order chi connectivity index (χ1) is 11.6. The van der Waals surface area contributed by atoms with Crippen LogP contribution in [0.15, 0.2) is 30.3 Å². The van der Waals surface area contributed by atoms with Gasteiger partial charge in [0.1, 0.15) is 6.04 Å². The van der Waals surface area contributed by atoms with Crippen molar-refractivity contribution in [3.8, 4) is 0 Å². The molecule has 0 saturated heterocycles. The molecule has 132 valence electrons. The molecular formula is C19H28N2O3. The topological polar surface area (TPSA) is 58.6 Å². The number of carbonyl (C=O) groups is 2. The standard InChI is InChI=1S/C19H28N2O3/c1-15(20-18(22)17-10-6-11-17)19(23)24-13-7-12-21(2)14-16-8-4-3-5-9-16/h3-5,8-9,15,17H,6-7,10-14H2,1-2H3,(H,20,22). The minimum atomic E-state index is -0.569. The van der Waals surface area contributed by atoms with Crippen LogP contribution in [0.25, 0.3) is 0 Å². The van der Waals surface area contributed by atoms with E-state index in [0.717, 1.165) is 38.8 Å². The number of nitrogens with one attached hydrogen (secondary N) is 1. The van der Waals surface area contributed by atoms with Gasteiger partial charge in [0.15, 0.2) is 0 Å². The van der Waals surface area contributed by atoms with Gasteiger partial charge in [-0.2, -0.15) is 0 Å². The molecule has 1 fully saturated rings. The van der Waals surface area contributed by atoms with Crippen molar-refractivity contribution in [2.45, 2.75) is 45.2 Å². The minimum absolute atomic E-state index is 0.0201. The highest BCUT2D eigenvalue weighted by molar-refractivity contribution is 5.85. The zero-order chi connectivity index (χ0) is 17.4. The van der Waals surface area contributed by atoms with Crippen LogP contribution in [-0.2, 0) is 20.9 Å². The van der Waals surface area contributed by atoms with Crippen LogP contribution in [0.1, 0.15) is 38.2 Å². The monoisotopic (exact) mass is 332 g/mol. The molecule has 0 bridgehead atoms. The van der Waals surface area contributed by atoms with E-state index in [1.807, 2.05) is 18.2 Å². The summed E-state index contributed by atoms with van der Waals surface area (Å²) >= 11 is 0. The maximum Gasteiger partial charge on any atom is 0.328 e. The molecule has 0 aromatic heterocycles. The number of rotatable bonds is 9. The van der Waals surface area contributed by atoms with Gasteiger partial charge >= 0.3 is 5.97 Å². The summed E-state index contributed by atoms with van der Waals surface area (Å²) in [6.45, 7) is 3.79. The third-order valence-electron chi connectivity index (χ3n) is 4.41. The van der Waals surface area contributed by atoms with Crippen molar-refractivity contribution in [3.63, 3.8) is 0 Å². The molecule has 1 aliphatic carbocycles. The fraction of sp³-hybridized carbons (Fsp3) is 0.579. The molecule has 1 atom stereocenters. The number of amides is 1. The van der Waals surface area contributed by atoms with Gasteiger partial charge in [0.2, 0.25) is 5.91 Å². The van der Waals surface area contributed by atoms with E-state index in [1.54, 1.807) is 6.92 Å². The zero-order valence-electron chi connectivity index (χ0n) is 14.7. The lowest BCUT2D eigenvalue weighted by molar-refractivity contribution is -0.148. The molecule has 0 aliphatic heterocycles. The number of benzene rings is 1. The first-order valence-corrected chi connectivity index (χ1v) is 8.75. The number of carbonyl (C=O) groups excluding carboxylic acids is 2. The average Bonchev–Trinajstić information content (AvgIpc) is 2.50. The Morgan fingerprint density at radius 1 is 1.29 bits per heavy atom. The minimum Gasteiger partial charge on any atom is -0.464 e. The van der Waals surface area contributed by atoms with E-state index in [0.29, 0.717) is 6.61 Å². The molecule has 1 N–H and O–H groups in total. The molecule has 5 heteroatoms. The van der Waals surface area contributed by atoms with Crippen LogP contribution < -0.4 is 5.32 Å². The second-order valence-corrected chi connectivity index (χ2v) is 6.60. The molecular weight excluding hydrogens is 304 g/mol. The van der Waals surface area contributed by atoms with Crippen molar-refractivity contribution in [2.75, 3.05) is 20.2 Å². The van der Waals surface area contributed by atoms with Crippen molar-refractivity contribution >= 4 is 11.9 Å². The van der Waals surface area contributed by atoms with Gasteiger partial charge in [0.05, 0.1) is 6.61 Å². The SMILES string of the molecule is CC(NC(=O)C1CCC1)C(=O)OCCCN(C)Cc1ccccc1. The lowest BCUT2D eigenvalue weighted by atomic mass is 9.84. The normalized spacial score (nSPS) is 15.6. The molecule has 2 rings (SSSR count). The number of hydrogen-bond donors (Lipinski definition) is 1. The van der Waals surface area contributed by atoms with Crippen molar-refractivity contribution in [1.29, 1.82) is 0 Å². The first-order valence-electron chi connectivity index (χ1n) is 8.75. The van der Waals surface area contributed by atoms with Crippen LogP contribution in [-0.4, -0.2) is 43.0 Å². The van der Waals surface area contributed by atoms with E-state index in [-0.39, 0.29) is 17.8 Å². The second kappa shape index (κ2) is 9.42. The van der Waals surface area contributed by atoms with Gasteiger partial charge in [-0.3, -0.25) is 4.79 Å². The van der Waals surface area contributed by atoms with E-state index < -0.39 is 6.04 Å². The van der Waals surface area contributed by atoms with E-state index in [4.69, 9.17) is 4.74 Å². The summed E-state index contributed by atoms with van der Waals surface area (Å²) < 4.78 is 5.26. The van der Waals surface area contributed by atoms with Crippen LogP contribution in [0.2, 0.25) is 0 Å². The van der Waals surface area contributed by atoms with Crippen LogP contribution in [0, 0.1) is 5.92 Å². The molecule has 1 aromatic rings. The summed E-state index contributed by atoms with van der Waals surface area (Å²) in [6, 6.07) is 9.70. The predicted molar refractivity (Wildman–Crippen MR) is 93.3 cm³/mol. The number of hydrogen-bond acceptors (Lipinski definition) is 4. The van der Waals surface area contributed by atoms with E-state index in [1.165, 1.54) is 5.56 Å². The van der Waals surface area contributed by atoms with Gasteiger partial charge in [-0.05, 0) is 38.8 Å². The fourth-order valence-corrected chi connectivity index (χ4v) is 2.67. The molecule has 1 aromatic carbocycles. The molecule has 1 unspecified atom stereocenters. The van der Waals surface area contributed by atoms with Gasteiger partial charge < -0.3 is 15.0 Å². The highest BCUT2D eigenvalue weighted by atomic mass is 16.5. The van der Waals surface area contributed by atoms with Crippen LogP contribution in [0.3, 0.4) is 0 Å². The Morgan fingerprint density at radius 3 is 2.62 bits per heavy atom. The largest absolute Gasteiger partial charge is 0.464 e. The maximum absolute atomic E-state index is 11.9. The third-order valence-corrected chi connectivity index (χ3v) is 4.41. The summed E-state index contributed by atoms with van der Waals surface area (Å²) in [6.07, 6.45) is 3.74. The molecule has 0 heterocycles. The molecule has 5 nitrogen and oxygen atoms in total. The predicted octanol–water partition coefficient (Wildman–Crippen LogP) is 2.36. The molecule has 1 amide bonds. The van der Waals surface area contributed by atoms with Gasteiger partial charge in [0, 0.05) is 19.0 Å². The smallest absolute Gasteiger partial charge is 0.328 e. The average molecular weight is 332 g/mol. The molecule has 1 aliphatic rings. The third kappa shape index (κ3) is 5.96. The second-order valence-electron chi connectivity index (χ2n) is 6.60. The number of esters is 1. The molecule has 0 spiro atoms. The number of nitrogens with zero attached hydrogens (tertiary/aromatic N) is 1. The van der Waals surface area contributed by atoms with Gasteiger partial charge in [-0.15, -0.1) is 0 Å². The van der Waals surface area contributed by atoms with Gasteiger partial charge in [-0.25, -0.2) is 4.79 Å². The quantitative estimate of drug-likeness (QED) is 0.557. The van der Waals surface area contributed by atoms with Crippen molar-refractivity contribution in [1.82, 2.24) is 10.2 Å². The highest BCUT2D eigenvalue weighted by Gasteiger charge is 2.27. The summed E-state index contributed by atoms with van der Waals surface area (Å²) in [5, 5.41) is 2.74. The van der Waals surface area contributed by atoms with E-state index in [9.17, 15) is 9.59 Å². The molecule has 0 radical (unpaired) electrons. The zero-order valence-corrected chi connectivity index (χ0v) is 14.7. The van der Waals surface area contributed by atoms with Crippen molar-refractivity contribution < 1.29 is 14.3 Å². The molecule has 1 saturated carbocycles. The van der Waals surface area contributed by atoms with Crippen molar-refractivity contribution in [3.05, 3.63) is 35.9 Å². The maximum atomic E-state index is 11.9. The molecule has 24 heavy (non-hydrogen) atoms. The van der Waals surface area contributed by atoms with Gasteiger partial charge in [0.25, 0.3) is 0 Å². The Balaban J connectivity index is 1.57. The highest BCUT2D eigenvalue weighted by Crippen LogP contribution is 2.26. The summed E-state index contributed by atoms with van der Waals surface area (Å²) in [5.74, 6) is -0.284. The van der Waals surface area contributed by atoms with Gasteiger partial charge in [-0.1, -0.05) is 36.8 Å². The Kier molecular flexibility index (Phi) is 7.25. The Bertz CT molecular complexity index is 529. The summed E-state index contributed by atoms with van der Waals surface area (Å²) in [7, 11) is 2.05. The first kappa shape index (κ1) is 18.5. The van der Waals surface area contributed by atoms with E-state index in [2.05, 4.69) is 29.4 Å². The lowest BCUT2D eigenvalue weighted by Crippen LogP contribution is -2.44. The Labute approximate surface area is 144 Å².